The van der Waals surface area contributed by atoms with Gasteiger partial charge in [0.05, 0.1) is 19.8 Å². The van der Waals surface area contributed by atoms with Gasteiger partial charge in [0, 0.05) is 44.1 Å². The van der Waals surface area contributed by atoms with Crippen molar-refractivity contribution in [3.05, 3.63) is 40.7 Å². The summed E-state index contributed by atoms with van der Waals surface area (Å²) < 4.78 is 9.40. The first-order chi connectivity index (χ1) is 8.64. The number of hydrogen-bond acceptors (Lipinski definition) is 4. The zero-order chi connectivity index (χ0) is 13.2. The summed E-state index contributed by atoms with van der Waals surface area (Å²) in [5.41, 5.74) is 0.377. The predicted octanol–water partition coefficient (Wildman–Crippen LogP) is 1.20. The maximum atomic E-state index is 11.9. The summed E-state index contributed by atoms with van der Waals surface area (Å²) >= 11 is 0. The molecule has 6 heteroatoms. The van der Waals surface area contributed by atoms with E-state index in [1.54, 1.807) is 0 Å². The third-order valence-corrected chi connectivity index (χ3v) is 3.13. The molecule has 1 radical (unpaired) electrons. The number of fused-ring (bicyclic) bond motifs is 1. The van der Waals surface area contributed by atoms with Gasteiger partial charge in [-0.05, 0) is 12.0 Å². The standard InChI is InChI=1S/C13H14NO4.Ac/c1-17-11(15)13(12(16)18-2)7-9-5-3-4-6-10(9)8-14-13;/h3-6H,7-8H2,1-2H3;/q-1;. The summed E-state index contributed by atoms with van der Waals surface area (Å²) in [6, 6.07) is 7.57. The molecule has 1 aromatic carbocycles. The first-order valence-electron chi connectivity index (χ1n) is 5.56. The molecule has 1 aliphatic rings. The van der Waals surface area contributed by atoms with E-state index in [0.29, 0.717) is 6.54 Å². The van der Waals surface area contributed by atoms with Gasteiger partial charge in [-0.2, -0.15) is 0 Å². The molecule has 1 aliphatic heterocycles. The number of hydrogen-bond donors (Lipinski definition) is 0. The molecule has 0 saturated carbocycles. The van der Waals surface area contributed by atoms with E-state index in [9.17, 15) is 9.59 Å². The number of rotatable bonds is 2. The molecule has 0 bridgehead atoms. The summed E-state index contributed by atoms with van der Waals surface area (Å²) in [4.78, 5) is 23.8. The average Bonchev–Trinajstić information content (AvgIpc) is 2.44. The normalized spacial score (nSPS) is 15.7. The van der Waals surface area contributed by atoms with E-state index in [-0.39, 0.29) is 50.5 Å². The zero-order valence-electron chi connectivity index (χ0n) is 10.9. The second kappa shape index (κ2) is 6.83. The maximum absolute atomic E-state index is 11.9. The molecule has 0 unspecified atom stereocenters. The summed E-state index contributed by atoms with van der Waals surface area (Å²) in [6.07, 6.45) is 0.183. The van der Waals surface area contributed by atoms with Crippen LogP contribution in [-0.4, -0.2) is 31.7 Å². The number of nitrogens with zero attached hydrogens (tertiary/aromatic N) is 1. The smallest absolute Gasteiger partial charge is 0.302 e. The third kappa shape index (κ3) is 3.01. The number of carbonyl (C=O) groups excluding carboxylic acids is 2. The van der Waals surface area contributed by atoms with Crippen molar-refractivity contribution < 1.29 is 63.1 Å². The summed E-state index contributed by atoms with van der Waals surface area (Å²) in [5, 5.41) is 4.19. The van der Waals surface area contributed by atoms with Crippen LogP contribution in [-0.2, 0) is 32.0 Å². The van der Waals surface area contributed by atoms with Crippen LogP contribution in [0.3, 0.4) is 0 Å². The van der Waals surface area contributed by atoms with E-state index in [0.717, 1.165) is 11.1 Å². The Balaban J connectivity index is 0.00000180. The molecule has 0 amide bonds. The Morgan fingerprint density at radius 2 is 1.63 bits per heavy atom. The number of carbonyl (C=O) groups is 2. The molecule has 0 spiro atoms. The van der Waals surface area contributed by atoms with Crippen molar-refractivity contribution in [1.82, 2.24) is 0 Å². The van der Waals surface area contributed by atoms with Gasteiger partial charge in [0.2, 0.25) is 0 Å². The van der Waals surface area contributed by atoms with E-state index in [1.807, 2.05) is 24.3 Å². The van der Waals surface area contributed by atoms with Crippen LogP contribution in [0.25, 0.3) is 5.32 Å². The minimum absolute atomic E-state index is 0. The predicted molar refractivity (Wildman–Crippen MR) is 64.0 cm³/mol. The Labute approximate surface area is 147 Å². The van der Waals surface area contributed by atoms with Crippen molar-refractivity contribution in [1.29, 1.82) is 0 Å². The molecule has 0 aromatic heterocycles. The van der Waals surface area contributed by atoms with Gasteiger partial charge in [-0.15, -0.1) is 6.54 Å². The largest absolute Gasteiger partial charge is 0.634 e. The van der Waals surface area contributed by atoms with Crippen molar-refractivity contribution >= 4 is 11.9 Å². The van der Waals surface area contributed by atoms with Crippen LogP contribution < -0.4 is 0 Å². The zero-order valence-corrected chi connectivity index (χ0v) is 15.6. The minimum atomic E-state index is -1.56. The molecule has 1 heterocycles. The van der Waals surface area contributed by atoms with Crippen molar-refractivity contribution in [3.8, 4) is 0 Å². The van der Waals surface area contributed by atoms with Gasteiger partial charge in [0.25, 0.3) is 0 Å². The monoisotopic (exact) mass is 475 g/mol. The van der Waals surface area contributed by atoms with Crippen molar-refractivity contribution in [3.63, 3.8) is 0 Å². The Hall–Kier alpha value is -0.438. The van der Waals surface area contributed by atoms with Gasteiger partial charge < -0.3 is 14.8 Å². The molecule has 2 rings (SSSR count). The fraction of sp³-hybridized carbons (Fsp3) is 0.385. The minimum Gasteiger partial charge on any atom is -0.634 e. The molecule has 0 fully saturated rings. The third-order valence-electron chi connectivity index (χ3n) is 3.13. The van der Waals surface area contributed by atoms with Gasteiger partial charge in [-0.25, -0.2) is 0 Å². The molecule has 0 saturated heterocycles. The number of benzene rings is 1. The van der Waals surface area contributed by atoms with E-state index in [2.05, 4.69) is 5.32 Å². The molecular formula is C13H14AcNO4-. The second-order valence-corrected chi connectivity index (χ2v) is 4.11. The van der Waals surface area contributed by atoms with Gasteiger partial charge in [-0.1, -0.05) is 29.8 Å². The van der Waals surface area contributed by atoms with Gasteiger partial charge >= 0.3 is 11.9 Å². The summed E-state index contributed by atoms with van der Waals surface area (Å²) in [5.74, 6) is -1.35. The molecule has 0 aliphatic carbocycles. The van der Waals surface area contributed by atoms with Gasteiger partial charge in [0.15, 0.2) is 0 Å². The van der Waals surface area contributed by atoms with Gasteiger partial charge in [-0.3, -0.25) is 9.59 Å². The Morgan fingerprint density at radius 1 is 1.11 bits per heavy atom. The summed E-state index contributed by atoms with van der Waals surface area (Å²) in [6.45, 7) is 0.306. The number of methoxy groups -OCH3 is 2. The maximum Gasteiger partial charge on any atom is 0.302 e. The molecule has 99 valence electrons. The van der Waals surface area contributed by atoms with E-state index >= 15 is 0 Å². The number of esters is 2. The van der Waals surface area contributed by atoms with E-state index in [1.165, 1.54) is 14.2 Å². The first-order valence-corrected chi connectivity index (χ1v) is 5.56. The van der Waals surface area contributed by atoms with E-state index < -0.39 is 17.5 Å². The van der Waals surface area contributed by atoms with Crippen LogP contribution in [0.1, 0.15) is 11.1 Å². The van der Waals surface area contributed by atoms with Crippen LogP contribution >= 0.6 is 0 Å². The Morgan fingerprint density at radius 3 is 2.16 bits per heavy atom. The van der Waals surface area contributed by atoms with Crippen molar-refractivity contribution in [2.24, 2.45) is 0 Å². The second-order valence-electron chi connectivity index (χ2n) is 4.11. The molecule has 0 atom stereocenters. The average molecular weight is 475 g/mol. The fourth-order valence-corrected chi connectivity index (χ4v) is 2.13. The Bertz CT molecular complexity index is 473. The van der Waals surface area contributed by atoms with Crippen LogP contribution in [0, 0.1) is 44.1 Å². The first kappa shape index (κ1) is 16.6. The topological polar surface area (TPSA) is 66.7 Å². The SMILES string of the molecule is COC(=O)C1(C(=O)OC)Cc2ccccc2C[N-]1.[Ac]. The van der Waals surface area contributed by atoms with Crippen LogP contribution in [0.5, 0.6) is 0 Å². The van der Waals surface area contributed by atoms with Crippen LogP contribution in [0.4, 0.5) is 0 Å². The molecular weight excluding hydrogens is 461 g/mol. The molecule has 19 heavy (non-hydrogen) atoms. The van der Waals surface area contributed by atoms with Crippen LogP contribution in [0.2, 0.25) is 0 Å². The fourth-order valence-electron chi connectivity index (χ4n) is 2.13. The molecule has 1 aromatic rings. The summed E-state index contributed by atoms with van der Waals surface area (Å²) in [7, 11) is 2.48. The quantitative estimate of drug-likeness (QED) is 0.477. The number of ether oxygens (including phenoxy) is 2. The van der Waals surface area contributed by atoms with Crippen molar-refractivity contribution in [2.75, 3.05) is 14.2 Å². The van der Waals surface area contributed by atoms with E-state index in [4.69, 9.17) is 9.47 Å². The Kier molecular flexibility index (Phi) is 5.97. The molecule has 0 N–H and O–H groups in total. The van der Waals surface area contributed by atoms with Crippen LogP contribution in [0.15, 0.2) is 24.3 Å². The van der Waals surface area contributed by atoms with Gasteiger partial charge in [0.1, 0.15) is 0 Å². The van der Waals surface area contributed by atoms with Crippen molar-refractivity contribution in [2.45, 2.75) is 18.5 Å². The molecule has 5 nitrogen and oxygen atoms in total.